The first-order valence-electron chi connectivity index (χ1n) is 16.7. The summed E-state index contributed by atoms with van der Waals surface area (Å²) in [5.41, 5.74) is 17.0. The van der Waals surface area contributed by atoms with E-state index in [9.17, 15) is 0 Å². The van der Waals surface area contributed by atoms with Crippen molar-refractivity contribution in [3.63, 3.8) is 0 Å². The number of benzene rings is 6. The summed E-state index contributed by atoms with van der Waals surface area (Å²) in [5.74, 6) is 0. The minimum absolute atomic E-state index is 0. The quantitative estimate of drug-likeness (QED) is 0.181. The number of allylic oxidation sites excluding steroid dienone is 2. The second-order valence-corrected chi connectivity index (χ2v) is 24.8. The average molecular weight is 739 g/mol. The third-order valence-electron chi connectivity index (χ3n) is 11.0. The Kier molecular flexibility index (Phi) is 9.32. The van der Waals surface area contributed by atoms with Gasteiger partial charge in [-0.15, -0.1) is 0 Å². The molecule has 0 saturated carbocycles. The van der Waals surface area contributed by atoms with E-state index in [1.165, 1.54) is 70.3 Å². The summed E-state index contributed by atoms with van der Waals surface area (Å²) in [5, 5.41) is 0. The Balaban J connectivity index is 0.00000182. The van der Waals surface area contributed by atoms with Gasteiger partial charge in [-0.05, 0) is 0 Å². The average Bonchev–Trinajstić information content (AvgIpc) is 3.75. The van der Waals surface area contributed by atoms with E-state index >= 15 is 0 Å². The molecule has 0 radical (unpaired) electrons. The molecule has 0 N–H and O–H groups in total. The largest absolute Gasteiger partial charge is 1.00 e. The zero-order valence-corrected chi connectivity index (χ0v) is 30.7. The van der Waals surface area contributed by atoms with Crippen LogP contribution in [0.4, 0.5) is 0 Å². The zero-order valence-electron chi connectivity index (χ0n) is 26.7. The van der Waals surface area contributed by atoms with E-state index in [0.717, 1.165) is 0 Å². The van der Waals surface area contributed by atoms with Crippen LogP contribution in [0.3, 0.4) is 0 Å². The van der Waals surface area contributed by atoms with Crippen molar-refractivity contribution in [3.05, 3.63) is 180 Å². The van der Waals surface area contributed by atoms with Crippen LogP contribution < -0.4 is 24.8 Å². The van der Waals surface area contributed by atoms with Crippen LogP contribution in [0.2, 0.25) is 8.26 Å². The summed E-state index contributed by atoms with van der Waals surface area (Å²) in [4.78, 5) is 0. The van der Waals surface area contributed by atoms with Crippen LogP contribution >= 0.6 is 0 Å². The first-order chi connectivity index (χ1) is 22.8. The molecule has 1 aliphatic heterocycles. The Morgan fingerprint density at radius 2 is 0.688 bits per heavy atom. The third-order valence-corrected chi connectivity index (χ3v) is 25.7. The molecule has 0 amide bonds. The van der Waals surface area contributed by atoms with E-state index in [-0.39, 0.29) is 24.8 Å². The molecule has 2 aliphatic carbocycles. The van der Waals surface area contributed by atoms with Crippen molar-refractivity contribution in [2.45, 2.75) is 21.9 Å². The molecule has 0 nitrogen and oxygen atoms in total. The van der Waals surface area contributed by atoms with Crippen molar-refractivity contribution in [2.24, 2.45) is 0 Å². The van der Waals surface area contributed by atoms with Crippen molar-refractivity contribution in [1.29, 1.82) is 0 Å². The SMILES string of the molecule is C1=C[CH]([Zr+2]2([CH]3C=Cc4c(-c5ccccc5)ccc(-c5ccccc5)c43)[CH2]C[CH2]2)c2c(-c3ccccc3)ccc(-c3ccccc3)c21.[Cl-].[Cl-]. The van der Waals surface area contributed by atoms with Crippen LogP contribution in [0, 0.1) is 0 Å². The summed E-state index contributed by atoms with van der Waals surface area (Å²) in [7, 11) is 0. The van der Waals surface area contributed by atoms with Crippen molar-refractivity contribution >= 4 is 12.2 Å². The van der Waals surface area contributed by atoms with Crippen LogP contribution in [0.15, 0.2) is 158 Å². The number of rotatable bonds is 6. The van der Waals surface area contributed by atoms with Gasteiger partial charge in [0.2, 0.25) is 0 Å². The van der Waals surface area contributed by atoms with Gasteiger partial charge in [-0.1, -0.05) is 0 Å². The summed E-state index contributed by atoms with van der Waals surface area (Å²) in [6.07, 6.45) is 11.7. The molecule has 3 aliphatic rings. The number of halogens is 2. The maximum Gasteiger partial charge on any atom is -1.00 e. The fraction of sp³-hybridized carbons (Fsp3) is 0.111. The number of fused-ring (bicyclic) bond motifs is 2. The molecule has 0 bridgehead atoms. The maximum atomic E-state index is 2.66. The van der Waals surface area contributed by atoms with Crippen LogP contribution in [-0.4, -0.2) is 0 Å². The van der Waals surface area contributed by atoms with E-state index in [2.05, 4.69) is 170 Å². The summed E-state index contributed by atoms with van der Waals surface area (Å²) in [6, 6.07) is 53.9. The molecular formula is C45H36Cl2Zr. The zero-order chi connectivity index (χ0) is 30.5. The van der Waals surface area contributed by atoms with Crippen LogP contribution in [0.5, 0.6) is 0 Å². The van der Waals surface area contributed by atoms with E-state index in [0.29, 0.717) is 7.25 Å². The molecule has 48 heavy (non-hydrogen) atoms. The molecule has 1 heterocycles. The molecule has 6 aromatic carbocycles. The van der Waals surface area contributed by atoms with Crippen molar-refractivity contribution in [2.75, 3.05) is 0 Å². The van der Waals surface area contributed by atoms with Gasteiger partial charge in [0, 0.05) is 0 Å². The Bertz CT molecular complexity index is 1970. The third kappa shape index (κ3) is 5.32. The van der Waals surface area contributed by atoms with Gasteiger partial charge in [0.1, 0.15) is 0 Å². The summed E-state index contributed by atoms with van der Waals surface area (Å²) >= 11 is -2.97. The number of hydrogen-bond donors (Lipinski definition) is 0. The van der Waals surface area contributed by atoms with E-state index < -0.39 is 20.3 Å². The Hall–Kier alpha value is -3.74. The summed E-state index contributed by atoms with van der Waals surface area (Å²) in [6.45, 7) is 0. The Morgan fingerprint density at radius 3 is 1.00 bits per heavy atom. The van der Waals surface area contributed by atoms with Gasteiger partial charge in [-0.25, -0.2) is 0 Å². The van der Waals surface area contributed by atoms with Gasteiger partial charge in [0.05, 0.1) is 0 Å². The molecule has 2 unspecified atom stereocenters. The molecular weight excluding hydrogens is 703 g/mol. The molecule has 2 atom stereocenters. The molecule has 3 heteroatoms. The van der Waals surface area contributed by atoms with E-state index in [1.54, 1.807) is 11.1 Å². The Labute approximate surface area is 301 Å². The van der Waals surface area contributed by atoms with Crippen molar-refractivity contribution in [1.82, 2.24) is 0 Å². The van der Waals surface area contributed by atoms with Crippen LogP contribution in [0.25, 0.3) is 56.7 Å². The van der Waals surface area contributed by atoms with Crippen LogP contribution in [-0.2, 0) is 20.3 Å². The monoisotopic (exact) mass is 736 g/mol. The maximum absolute atomic E-state index is 2.97. The normalized spacial score (nSPS) is 17.2. The van der Waals surface area contributed by atoms with E-state index in [4.69, 9.17) is 0 Å². The molecule has 0 spiro atoms. The van der Waals surface area contributed by atoms with Gasteiger partial charge >= 0.3 is 279 Å². The van der Waals surface area contributed by atoms with Gasteiger partial charge in [-0.2, -0.15) is 0 Å². The molecule has 9 rings (SSSR count). The van der Waals surface area contributed by atoms with Gasteiger partial charge < -0.3 is 24.8 Å². The predicted octanol–water partition coefficient (Wildman–Crippen LogP) is 6.59. The minimum atomic E-state index is -2.97. The minimum Gasteiger partial charge on any atom is -1.00 e. The molecule has 1 fully saturated rings. The van der Waals surface area contributed by atoms with Crippen LogP contribution in [0.1, 0.15) is 35.9 Å². The second-order valence-electron chi connectivity index (χ2n) is 13.2. The second kappa shape index (κ2) is 13.6. The van der Waals surface area contributed by atoms with Gasteiger partial charge in [0.25, 0.3) is 0 Å². The molecule has 1 saturated heterocycles. The molecule has 6 aromatic rings. The van der Waals surface area contributed by atoms with Crippen molar-refractivity contribution < 1.29 is 45.1 Å². The van der Waals surface area contributed by atoms with Crippen molar-refractivity contribution in [3.8, 4) is 44.5 Å². The van der Waals surface area contributed by atoms with Gasteiger partial charge in [0.15, 0.2) is 0 Å². The summed E-state index contributed by atoms with van der Waals surface area (Å²) < 4.78 is 3.96. The smallest absolute Gasteiger partial charge is 1.00 e. The first-order valence-corrected chi connectivity index (χ1v) is 23.1. The molecule has 0 aromatic heterocycles. The first kappa shape index (κ1) is 32.8. The topological polar surface area (TPSA) is 0 Å². The number of hydrogen-bond acceptors (Lipinski definition) is 0. The predicted molar refractivity (Wildman–Crippen MR) is 192 cm³/mol. The standard InChI is InChI=1S/2C21H15.C3H6.2ClH.Zr/c2*1-3-8-16(9-4-1)18-14-15-19(17-10-5-2-6-11-17)21-13-7-12-20(18)21;1-3-2;;;/h2*1-15H;1-3H2;2*1H;/q;;;;;+2/p-2. The fourth-order valence-corrected chi connectivity index (χ4v) is 22.3. The van der Waals surface area contributed by atoms with Gasteiger partial charge in [-0.3, -0.25) is 0 Å². The Morgan fingerprint density at radius 1 is 0.375 bits per heavy atom. The van der Waals surface area contributed by atoms with E-state index in [1.807, 2.05) is 0 Å². The molecule has 234 valence electrons. The fourth-order valence-electron chi connectivity index (χ4n) is 8.72.